The summed E-state index contributed by atoms with van der Waals surface area (Å²) in [5.74, 6) is 2.44. The molecule has 1 fully saturated rings. The third-order valence-corrected chi connectivity index (χ3v) is 6.25. The molecule has 3 unspecified atom stereocenters. The molecule has 6 nitrogen and oxygen atoms in total. The Balaban J connectivity index is -0.000000103. The maximum Gasteiger partial charge on any atom is 0.204 e. The second-order valence-corrected chi connectivity index (χ2v) is 11.9. The minimum atomic E-state index is -0.331. The number of aldehydes is 2. The van der Waals surface area contributed by atoms with Crippen LogP contribution in [-0.2, 0) is 14.4 Å². The van der Waals surface area contributed by atoms with Gasteiger partial charge < -0.3 is 21.6 Å². The zero-order valence-corrected chi connectivity index (χ0v) is 30.8. The minimum absolute atomic E-state index is 0.0816. The van der Waals surface area contributed by atoms with Gasteiger partial charge in [0.15, 0.2) is 0 Å². The van der Waals surface area contributed by atoms with Crippen molar-refractivity contribution in [1.29, 1.82) is 0 Å². The molecule has 1 rings (SSSR count). The number of primary amides is 1. The summed E-state index contributed by atoms with van der Waals surface area (Å²) in [5, 5.41) is 3.02. The third-order valence-electron chi connectivity index (χ3n) is 5.67. The highest BCUT2D eigenvalue weighted by Gasteiger charge is 2.27. The molecular formula is C34H75N3O3S. The zero-order valence-electron chi connectivity index (χ0n) is 30.0. The summed E-state index contributed by atoms with van der Waals surface area (Å²) in [7, 11) is 1.96. The molecule has 41 heavy (non-hydrogen) atoms. The molecule has 3 atom stereocenters. The van der Waals surface area contributed by atoms with E-state index in [2.05, 4.69) is 65.8 Å². The maximum absolute atomic E-state index is 11.2. The summed E-state index contributed by atoms with van der Waals surface area (Å²) < 4.78 is 0. The molecule has 0 spiro atoms. The molecule has 0 aliphatic heterocycles. The van der Waals surface area contributed by atoms with Crippen molar-refractivity contribution in [1.82, 2.24) is 5.32 Å². The Bertz CT molecular complexity index is 540. The molecule has 5 N–H and O–H groups in total. The summed E-state index contributed by atoms with van der Waals surface area (Å²) in [5.41, 5.74) is 12.1. The van der Waals surface area contributed by atoms with Crippen LogP contribution in [0.5, 0.6) is 0 Å². The van der Waals surface area contributed by atoms with Gasteiger partial charge in [-0.3, -0.25) is 9.59 Å². The standard InChI is InChI=1S/C15H26O.C6H13NO.C4H11N.C3H8S.C3H8.C2H6.CH3NO/c1-4-6-8-14(12(3)7-5-2)15(11-16)13-9-10-13;1-6(2,3)5(7)4-8;1-3-4-5-2;1-3-4-2;1-3-2;1-2;2-1-3/h11-12,14H,4-10H2,1-3H3;4-5H,7H2,1-3H3;5H,3-4H2,1-2H3;3H2,1-2H3;3H2,1-2H3;1-2H3;1H,(H2,2,3). The van der Waals surface area contributed by atoms with Crippen LogP contribution in [0.25, 0.3) is 0 Å². The Morgan fingerprint density at radius 2 is 1.39 bits per heavy atom. The molecule has 1 aliphatic rings. The smallest absolute Gasteiger partial charge is 0.204 e. The molecule has 7 heteroatoms. The third kappa shape index (κ3) is 46.0. The van der Waals surface area contributed by atoms with E-state index in [1.165, 1.54) is 69.1 Å². The van der Waals surface area contributed by atoms with Gasteiger partial charge in [-0.05, 0) is 74.1 Å². The Morgan fingerprint density at radius 1 is 0.951 bits per heavy atom. The first-order valence-corrected chi connectivity index (χ1v) is 17.4. The lowest BCUT2D eigenvalue weighted by Gasteiger charge is -2.24. The Labute approximate surface area is 262 Å². The predicted octanol–water partition coefficient (Wildman–Crippen LogP) is 8.61. The van der Waals surface area contributed by atoms with Crippen LogP contribution in [-0.4, -0.2) is 50.6 Å². The molecule has 0 saturated heterocycles. The number of allylic oxidation sites excluding steroid dienone is 2. The topological polar surface area (TPSA) is 115 Å². The fourth-order valence-electron chi connectivity index (χ4n) is 3.07. The summed E-state index contributed by atoms with van der Waals surface area (Å²) >= 11 is 1.86. The molecule has 0 heterocycles. The number of nitrogens with two attached hydrogens (primary N) is 2. The van der Waals surface area contributed by atoms with Gasteiger partial charge in [-0.1, -0.05) is 121 Å². The highest BCUT2D eigenvalue weighted by Crippen LogP contribution is 2.39. The van der Waals surface area contributed by atoms with E-state index < -0.39 is 0 Å². The van der Waals surface area contributed by atoms with Crippen molar-refractivity contribution in [3.8, 4) is 0 Å². The minimum Gasteiger partial charge on any atom is -0.372 e. The molecule has 0 bridgehead atoms. The molecule has 1 saturated carbocycles. The van der Waals surface area contributed by atoms with E-state index in [-0.39, 0.29) is 17.9 Å². The van der Waals surface area contributed by atoms with Crippen LogP contribution in [0.1, 0.15) is 141 Å². The number of unbranched alkanes of at least 4 members (excludes halogenated alkanes) is 1. The Hall–Kier alpha value is -1.18. The maximum atomic E-state index is 11.2. The SMILES string of the molecule is CC.CC(C)(C)C(N)C=O.CCC.CCCCC(C(C=O)=C1CC1)C(C)CCC.CCCNC.CCSC.NC=O. The first kappa shape index (κ1) is 52.5. The van der Waals surface area contributed by atoms with Crippen molar-refractivity contribution < 1.29 is 14.4 Å². The van der Waals surface area contributed by atoms with Crippen LogP contribution < -0.4 is 16.8 Å². The fourth-order valence-corrected chi connectivity index (χ4v) is 3.07. The second kappa shape index (κ2) is 43.3. The summed E-state index contributed by atoms with van der Waals surface area (Å²) in [6.07, 6.45) is 15.3. The Morgan fingerprint density at radius 3 is 1.56 bits per heavy atom. The number of thioether (sulfide) groups is 1. The van der Waals surface area contributed by atoms with Gasteiger partial charge in [-0.25, -0.2) is 0 Å². The lowest BCUT2D eigenvalue weighted by molar-refractivity contribution is -0.110. The molecule has 0 radical (unpaired) electrons. The van der Waals surface area contributed by atoms with Crippen LogP contribution in [0.4, 0.5) is 0 Å². The molecule has 0 aromatic heterocycles. The van der Waals surface area contributed by atoms with Gasteiger partial charge in [0.05, 0.1) is 6.04 Å². The molecule has 0 aromatic rings. The van der Waals surface area contributed by atoms with E-state index in [0.717, 1.165) is 24.7 Å². The van der Waals surface area contributed by atoms with Crippen molar-refractivity contribution >= 4 is 30.7 Å². The van der Waals surface area contributed by atoms with Crippen LogP contribution in [0.3, 0.4) is 0 Å². The number of hydrogen-bond donors (Lipinski definition) is 3. The quantitative estimate of drug-likeness (QED) is 0.151. The van der Waals surface area contributed by atoms with E-state index in [1.54, 1.807) is 0 Å². The lowest BCUT2D eigenvalue weighted by Crippen LogP contribution is -2.36. The van der Waals surface area contributed by atoms with E-state index >= 15 is 0 Å². The normalized spacial score (nSPS) is 12.7. The largest absolute Gasteiger partial charge is 0.372 e. The lowest BCUT2D eigenvalue weighted by atomic mass is 9.81. The number of carbonyl (C=O) groups excluding carboxylic acids is 3. The van der Waals surface area contributed by atoms with Crippen molar-refractivity contribution in [2.24, 2.45) is 28.7 Å². The van der Waals surface area contributed by atoms with Crippen LogP contribution in [0, 0.1) is 17.3 Å². The summed E-state index contributed by atoms with van der Waals surface area (Å²) in [6, 6.07) is -0.331. The highest BCUT2D eigenvalue weighted by atomic mass is 32.2. The van der Waals surface area contributed by atoms with Crippen molar-refractivity contribution in [2.45, 2.75) is 147 Å². The number of carbonyl (C=O) groups is 3. The van der Waals surface area contributed by atoms with Gasteiger partial charge in [0.2, 0.25) is 6.41 Å². The van der Waals surface area contributed by atoms with Gasteiger partial charge in [0, 0.05) is 0 Å². The van der Waals surface area contributed by atoms with Gasteiger partial charge in [0.1, 0.15) is 12.6 Å². The molecule has 0 aromatic carbocycles. The first-order valence-electron chi connectivity index (χ1n) is 16.1. The zero-order chi connectivity index (χ0) is 33.7. The van der Waals surface area contributed by atoms with Crippen molar-refractivity contribution in [3.63, 3.8) is 0 Å². The van der Waals surface area contributed by atoms with E-state index in [0.29, 0.717) is 11.8 Å². The highest BCUT2D eigenvalue weighted by molar-refractivity contribution is 7.98. The first-order chi connectivity index (χ1) is 19.4. The second-order valence-electron chi connectivity index (χ2n) is 10.7. The van der Waals surface area contributed by atoms with Gasteiger partial charge >= 0.3 is 0 Å². The number of amides is 1. The summed E-state index contributed by atoms with van der Waals surface area (Å²) in [4.78, 5) is 29.9. The Kier molecular flexibility index (Phi) is 55.4. The average molecular weight is 606 g/mol. The van der Waals surface area contributed by atoms with E-state index in [9.17, 15) is 9.59 Å². The molecule has 250 valence electrons. The van der Waals surface area contributed by atoms with E-state index in [1.807, 2.05) is 53.4 Å². The number of nitrogens with one attached hydrogen (secondary N) is 1. The van der Waals surface area contributed by atoms with Gasteiger partial charge in [0.25, 0.3) is 0 Å². The van der Waals surface area contributed by atoms with Gasteiger partial charge in [-0.2, -0.15) is 11.8 Å². The average Bonchev–Trinajstić information content (AvgIpc) is 3.79. The van der Waals surface area contributed by atoms with Crippen LogP contribution in [0.2, 0.25) is 0 Å². The number of hydrogen-bond acceptors (Lipinski definition) is 6. The van der Waals surface area contributed by atoms with Crippen molar-refractivity contribution in [3.05, 3.63) is 11.1 Å². The number of rotatable bonds is 12. The van der Waals surface area contributed by atoms with Crippen LogP contribution in [0.15, 0.2) is 11.1 Å². The van der Waals surface area contributed by atoms with E-state index in [4.69, 9.17) is 10.5 Å². The predicted molar refractivity (Wildman–Crippen MR) is 189 cm³/mol. The fraction of sp³-hybridized carbons (Fsp3) is 0.853. The van der Waals surface area contributed by atoms with Crippen LogP contribution >= 0.6 is 11.8 Å². The molecule has 1 amide bonds. The van der Waals surface area contributed by atoms with Gasteiger partial charge in [-0.15, -0.1) is 0 Å². The molecular weight excluding hydrogens is 530 g/mol. The van der Waals surface area contributed by atoms with Crippen molar-refractivity contribution in [2.75, 3.05) is 25.6 Å². The molecule has 1 aliphatic carbocycles. The monoisotopic (exact) mass is 606 g/mol. The summed E-state index contributed by atoms with van der Waals surface area (Å²) in [6.45, 7) is 26.3.